The molecule has 1 heterocycles. The Kier molecular flexibility index (Phi) is 1.38. The highest BCUT2D eigenvalue weighted by molar-refractivity contribution is 5.21. The van der Waals surface area contributed by atoms with Crippen LogP contribution in [0.5, 0.6) is 0 Å². The van der Waals surface area contributed by atoms with Crippen molar-refractivity contribution in [2.45, 2.75) is 18.9 Å². The Balaban J connectivity index is 2.09. The molecule has 2 atom stereocenters. The minimum atomic E-state index is 0.666. The Morgan fingerprint density at radius 2 is 2.50 bits per heavy atom. The zero-order chi connectivity index (χ0) is 6.97. The van der Waals surface area contributed by atoms with Crippen LogP contribution in [0.15, 0.2) is 24.3 Å². The standard InChI is InChI=1S/C9H13N/c1-7-2-4-8-6-10-9(8)5-3-7/h3,5,8-10H,1-2,4,6H2. The molecule has 54 valence electrons. The molecule has 1 heteroatoms. The van der Waals surface area contributed by atoms with E-state index in [9.17, 15) is 0 Å². The average molecular weight is 135 g/mol. The Morgan fingerprint density at radius 3 is 3.20 bits per heavy atom. The van der Waals surface area contributed by atoms with E-state index in [2.05, 4.69) is 24.0 Å². The molecular weight excluding hydrogens is 122 g/mol. The van der Waals surface area contributed by atoms with E-state index in [-0.39, 0.29) is 0 Å². The number of hydrogen-bond acceptors (Lipinski definition) is 1. The van der Waals surface area contributed by atoms with Gasteiger partial charge in [-0.2, -0.15) is 0 Å². The highest BCUT2D eigenvalue weighted by Crippen LogP contribution is 2.25. The minimum Gasteiger partial charge on any atom is -0.310 e. The van der Waals surface area contributed by atoms with Crippen molar-refractivity contribution in [3.8, 4) is 0 Å². The van der Waals surface area contributed by atoms with Gasteiger partial charge in [-0.15, -0.1) is 0 Å². The second-order valence-corrected chi connectivity index (χ2v) is 3.25. The van der Waals surface area contributed by atoms with Crippen molar-refractivity contribution < 1.29 is 0 Å². The summed E-state index contributed by atoms with van der Waals surface area (Å²) in [4.78, 5) is 0. The lowest BCUT2D eigenvalue weighted by Gasteiger charge is -2.35. The summed E-state index contributed by atoms with van der Waals surface area (Å²) in [6.45, 7) is 5.17. The lowest BCUT2D eigenvalue weighted by Crippen LogP contribution is -2.51. The second kappa shape index (κ2) is 2.24. The predicted molar refractivity (Wildman–Crippen MR) is 42.8 cm³/mol. The molecule has 0 aromatic heterocycles. The largest absolute Gasteiger partial charge is 0.310 e. The van der Waals surface area contributed by atoms with Gasteiger partial charge in [0.25, 0.3) is 0 Å². The number of allylic oxidation sites excluding steroid dienone is 2. The Hall–Kier alpha value is -0.560. The van der Waals surface area contributed by atoms with Gasteiger partial charge in [0.1, 0.15) is 0 Å². The van der Waals surface area contributed by atoms with Gasteiger partial charge in [-0.05, 0) is 18.8 Å². The first-order valence-electron chi connectivity index (χ1n) is 3.95. The van der Waals surface area contributed by atoms with E-state index in [1.54, 1.807) is 0 Å². The number of nitrogens with one attached hydrogen (secondary N) is 1. The maximum absolute atomic E-state index is 3.96. The molecule has 1 N–H and O–H groups in total. The molecule has 10 heavy (non-hydrogen) atoms. The van der Waals surface area contributed by atoms with Gasteiger partial charge < -0.3 is 5.32 Å². The van der Waals surface area contributed by atoms with Crippen LogP contribution in [-0.2, 0) is 0 Å². The molecule has 0 amide bonds. The van der Waals surface area contributed by atoms with Crippen molar-refractivity contribution in [2.75, 3.05) is 6.54 Å². The van der Waals surface area contributed by atoms with Crippen LogP contribution in [0.4, 0.5) is 0 Å². The van der Waals surface area contributed by atoms with Crippen molar-refractivity contribution in [3.63, 3.8) is 0 Å². The molecule has 0 bridgehead atoms. The maximum atomic E-state index is 3.96. The summed E-state index contributed by atoms with van der Waals surface area (Å²) >= 11 is 0. The molecule has 0 saturated carbocycles. The molecule has 2 aliphatic rings. The Bertz CT molecular complexity index is 181. The molecule has 1 nitrogen and oxygen atoms in total. The van der Waals surface area contributed by atoms with Gasteiger partial charge in [0, 0.05) is 12.6 Å². The molecule has 2 rings (SSSR count). The highest BCUT2D eigenvalue weighted by atomic mass is 15.0. The predicted octanol–water partition coefficient (Wildman–Crippen LogP) is 1.48. The zero-order valence-electron chi connectivity index (χ0n) is 6.14. The van der Waals surface area contributed by atoms with E-state index >= 15 is 0 Å². The van der Waals surface area contributed by atoms with Crippen LogP contribution in [0.2, 0.25) is 0 Å². The van der Waals surface area contributed by atoms with Gasteiger partial charge in [0.2, 0.25) is 0 Å². The molecule has 1 fully saturated rings. The third-order valence-electron chi connectivity index (χ3n) is 2.50. The SMILES string of the molecule is C=C1C=CC2NCC2CC1. The van der Waals surface area contributed by atoms with Crippen molar-refractivity contribution in [1.29, 1.82) is 0 Å². The topological polar surface area (TPSA) is 12.0 Å². The molecule has 2 unspecified atom stereocenters. The van der Waals surface area contributed by atoms with Crippen LogP contribution in [-0.4, -0.2) is 12.6 Å². The fraction of sp³-hybridized carbons (Fsp3) is 0.556. The molecule has 0 spiro atoms. The lowest BCUT2D eigenvalue weighted by atomic mass is 9.89. The Morgan fingerprint density at radius 1 is 1.60 bits per heavy atom. The molecule has 0 radical (unpaired) electrons. The fourth-order valence-corrected chi connectivity index (χ4v) is 1.62. The minimum absolute atomic E-state index is 0.666. The summed E-state index contributed by atoms with van der Waals surface area (Å²) < 4.78 is 0. The van der Waals surface area contributed by atoms with Crippen molar-refractivity contribution in [1.82, 2.24) is 5.32 Å². The second-order valence-electron chi connectivity index (χ2n) is 3.25. The van der Waals surface area contributed by atoms with E-state index in [0.29, 0.717) is 6.04 Å². The lowest BCUT2D eigenvalue weighted by molar-refractivity contribution is 0.266. The first-order chi connectivity index (χ1) is 4.86. The normalized spacial score (nSPS) is 38.2. The van der Waals surface area contributed by atoms with E-state index in [1.807, 2.05) is 0 Å². The third-order valence-corrected chi connectivity index (χ3v) is 2.50. The summed E-state index contributed by atoms with van der Waals surface area (Å²) in [5.74, 6) is 0.899. The van der Waals surface area contributed by atoms with Crippen LogP contribution in [0.25, 0.3) is 0 Å². The zero-order valence-corrected chi connectivity index (χ0v) is 6.14. The van der Waals surface area contributed by atoms with Crippen molar-refractivity contribution >= 4 is 0 Å². The van der Waals surface area contributed by atoms with Gasteiger partial charge in [0.15, 0.2) is 0 Å². The summed E-state index contributed by atoms with van der Waals surface area (Å²) in [6.07, 6.45) is 6.93. The molecule has 0 aromatic carbocycles. The maximum Gasteiger partial charge on any atom is 0.0293 e. The van der Waals surface area contributed by atoms with E-state index in [4.69, 9.17) is 0 Å². The van der Waals surface area contributed by atoms with Gasteiger partial charge in [-0.25, -0.2) is 0 Å². The number of fused-ring (bicyclic) bond motifs is 1. The molecule has 1 saturated heterocycles. The average Bonchev–Trinajstić information content (AvgIpc) is 1.94. The smallest absolute Gasteiger partial charge is 0.0293 e. The molecule has 1 aliphatic heterocycles. The summed E-state index contributed by atoms with van der Waals surface area (Å²) in [5.41, 5.74) is 1.29. The van der Waals surface area contributed by atoms with E-state index in [1.165, 1.54) is 25.0 Å². The molecular formula is C9H13N. The van der Waals surface area contributed by atoms with Crippen LogP contribution >= 0.6 is 0 Å². The number of hydrogen-bond donors (Lipinski definition) is 1. The molecule has 1 aliphatic carbocycles. The molecule has 0 aromatic rings. The quantitative estimate of drug-likeness (QED) is 0.530. The fourth-order valence-electron chi connectivity index (χ4n) is 1.62. The Labute approximate surface area is 61.8 Å². The summed E-state index contributed by atoms with van der Waals surface area (Å²) in [5, 5.41) is 3.38. The number of rotatable bonds is 0. The van der Waals surface area contributed by atoms with Crippen LogP contribution < -0.4 is 5.32 Å². The third kappa shape index (κ3) is 0.907. The van der Waals surface area contributed by atoms with Crippen molar-refractivity contribution in [3.05, 3.63) is 24.3 Å². The van der Waals surface area contributed by atoms with E-state index < -0.39 is 0 Å². The first kappa shape index (κ1) is 6.17. The van der Waals surface area contributed by atoms with Gasteiger partial charge in [-0.3, -0.25) is 0 Å². The highest BCUT2D eigenvalue weighted by Gasteiger charge is 2.28. The van der Waals surface area contributed by atoms with Gasteiger partial charge in [0.05, 0.1) is 0 Å². The summed E-state index contributed by atoms with van der Waals surface area (Å²) in [7, 11) is 0. The monoisotopic (exact) mass is 135 g/mol. The van der Waals surface area contributed by atoms with Crippen LogP contribution in [0.1, 0.15) is 12.8 Å². The van der Waals surface area contributed by atoms with Crippen molar-refractivity contribution in [2.24, 2.45) is 5.92 Å². The van der Waals surface area contributed by atoms with Gasteiger partial charge in [-0.1, -0.05) is 24.3 Å². The summed E-state index contributed by atoms with van der Waals surface area (Å²) in [6, 6.07) is 0.666. The van der Waals surface area contributed by atoms with Gasteiger partial charge >= 0.3 is 0 Å². The van der Waals surface area contributed by atoms with Crippen LogP contribution in [0.3, 0.4) is 0 Å². The van der Waals surface area contributed by atoms with Crippen LogP contribution in [0, 0.1) is 5.92 Å². The first-order valence-corrected chi connectivity index (χ1v) is 3.95. The van der Waals surface area contributed by atoms with E-state index in [0.717, 1.165) is 5.92 Å².